The number of hydrogen-bond donors (Lipinski definition) is 0. The Morgan fingerprint density at radius 3 is 0.609 bits per heavy atom. The number of nitrogens with zero attached hydrogens (tertiary/aromatic N) is 8. The molecule has 2 radical (unpaired) electrons. The Morgan fingerprint density at radius 2 is 0.500 bits per heavy atom. The van der Waals surface area contributed by atoms with E-state index in [1.807, 2.05) is 72.8 Å². The van der Waals surface area contributed by atoms with E-state index in [0.29, 0.717) is 0 Å². The second kappa shape index (κ2) is 22.3. The van der Waals surface area contributed by atoms with E-state index in [2.05, 4.69) is 118 Å². The largest absolute Gasteiger partial charge is 2.00 e. The van der Waals surface area contributed by atoms with Gasteiger partial charge >= 0.3 is 34.1 Å². The summed E-state index contributed by atoms with van der Waals surface area (Å²) in [6.07, 6.45) is 7.11. The summed E-state index contributed by atoms with van der Waals surface area (Å²) in [5.41, 5.74) is 0. The van der Waals surface area contributed by atoms with Crippen molar-refractivity contribution in [1.29, 1.82) is 0 Å². The molecule has 0 aliphatic carbocycles. The van der Waals surface area contributed by atoms with E-state index in [9.17, 15) is 0 Å². The normalized spacial score (nSPS) is 10.7. The third-order valence-electron chi connectivity index (χ3n) is 4.40. The van der Waals surface area contributed by atoms with Crippen LogP contribution in [-0.2, 0) is 34.1 Å². The average molecular weight is 771 g/mol. The Labute approximate surface area is 304 Å². The molecule has 0 atom stereocenters. The molecule has 4 aromatic rings. The standard InChI is InChI=1S/4C8H13N2Si.2Mn/c4*1-11(2,3)10-8-6-4-5-7-9-8;;/h4*4-7H,1-3H3;;/q4*-1;2*+2. The molecule has 250 valence electrons. The van der Waals surface area contributed by atoms with Gasteiger partial charge in [0, 0.05) is 32.9 Å². The molecule has 0 N–H and O–H groups in total. The molecule has 0 fully saturated rings. The van der Waals surface area contributed by atoms with Crippen LogP contribution in [0.5, 0.6) is 0 Å². The van der Waals surface area contributed by atoms with Crippen molar-refractivity contribution < 1.29 is 34.1 Å². The molecule has 0 unspecified atom stereocenters. The van der Waals surface area contributed by atoms with Crippen LogP contribution in [-0.4, -0.2) is 52.9 Å². The van der Waals surface area contributed by atoms with Crippen LogP contribution in [0.25, 0.3) is 19.9 Å². The summed E-state index contributed by atoms with van der Waals surface area (Å²) in [6.45, 7) is 26.4. The van der Waals surface area contributed by atoms with E-state index < -0.39 is 32.9 Å². The van der Waals surface area contributed by atoms with Crippen LogP contribution < -0.4 is 0 Å². The van der Waals surface area contributed by atoms with Gasteiger partial charge in [0.2, 0.25) is 0 Å². The zero-order valence-electron chi connectivity index (χ0n) is 29.6. The van der Waals surface area contributed by atoms with Gasteiger partial charge in [0.05, 0.1) is 0 Å². The molecule has 4 heterocycles. The van der Waals surface area contributed by atoms with Crippen molar-refractivity contribution >= 4 is 56.2 Å². The summed E-state index contributed by atoms with van der Waals surface area (Å²) in [5, 5.41) is 0. The molecule has 0 saturated carbocycles. The van der Waals surface area contributed by atoms with E-state index in [1.54, 1.807) is 24.8 Å². The van der Waals surface area contributed by atoms with Crippen LogP contribution in [0, 0.1) is 0 Å². The Hall–Kier alpha value is -2.29. The molecule has 46 heavy (non-hydrogen) atoms. The van der Waals surface area contributed by atoms with Gasteiger partial charge in [-0.1, -0.05) is 199 Å². The molecule has 8 nitrogen and oxygen atoms in total. The number of aromatic nitrogens is 4. The summed E-state index contributed by atoms with van der Waals surface area (Å²) in [6, 6.07) is 23.3. The molecule has 0 saturated heterocycles. The first-order chi connectivity index (χ1) is 20.3. The third kappa shape index (κ3) is 28.0. The van der Waals surface area contributed by atoms with Crippen molar-refractivity contribution in [3.63, 3.8) is 0 Å². The SMILES string of the molecule is C[Si](C)(C)[N-]c1ccccn1.C[Si](C)(C)[N-]c1ccccn1.C[Si](C)(C)[N-]c1ccccn1.C[Si](C)(C)[N-]c1ccccn1.[Mn+2].[Mn+2]. The van der Waals surface area contributed by atoms with Crippen molar-refractivity contribution in [1.82, 2.24) is 19.9 Å². The van der Waals surface area contributed by atoms with Crippen LogP contribution in [0.3, 0.4) is 0 Å². The smallest absolute Gasteiger partial charge is 0.472 e. The van der Waals surface area contributed by atoms with Crippen LogP contribution in [0.4, 0.5) is 23.3 Å². The molecule has 0 aromatic carbocycles. The van der Waals surface area contributed by atoms with Gasteiger partial charge in [-0.2, -0.15) is 0 Å². The first-order valence-electron chi connectivity index (χ1n) is 14.9. The molecule has 0 bridgehead atoms. The minimum Gasteiger partial charge on any atom is -0.472 e. The molecule has 14 heteroatoms. The fourth-order valence-corrected chi connectivity index (χ4v) is 6.33. The minimum atomic E-state index is -1.34. The van der Waals surface area contributed by atoms with Crippen LogP contribution in [0.2, 0.25) is 78.6 Å². The van der Waals surface area contributed by atoms with Gasteiger partial charge in [-0.15, -0.1) is 0 Å². The maximum absolute atomic E-state index is 4.52. The summed E-state index contributed by atoms with van der Waals surface area (Å²) in [7, 11) is -5.34. The van der Waals surface area contributed by atoms with E-state index >= 15 is 0 Å². The molecular formula is C32H52Mn2N8Si4. The monoisotopic (exact) mass is 770 g/mol. The van der Waals surface area contributed by atoms with Crippen molar-refractivity contribution in [2.45, 2.75) is 78.6 Å². The summed E-state index contributed by atoms with van der Waals surface area (Å²) >= 11 is 0. The Balaban J connectivity index is 0. The van der Waals surface area contributed by atoms with Gasteiger partial charge in [0.25, 0.3) is 0 Å². The van der Waals surface area contributed by atoms with Crippen molar-refractivity contribution in [2.75, 3.05) is 0 Å². The Morgan fingerprint density at radius 1 is 0.326 bits per heavy atom. The number of rotatable bonds is 8. The topological polar surface area (TPSA) is 108 Å². The van der Waals surface area contributed by atoms with Gasteiger partial charge < -0.3 is 39.9 Å². The number of pyridine rings is 4. The molecule has 0 aliphatic heterocycles. The second-order valence-electron chi connectivity index (χ2n) is 13.9. The zero-order valence-corrected chi connectivity index (χ0v) is 35.9. The average Bonchev–Trinajstić information content (AvgIpc) is 2.88. The summed E-state index contributed by atoms with van der Waals surface area (Å²) in [4.78, 5) is 34.6. The minimum absolute atomic E-state index is 0. The molecule has 4 aromatic heterocycles. The Kier molecular flexibility index (Phi) is 22.2. The maximum atomic E-state index is 4.52. The fraction of sp³-hybridized carbons (Fsp3) is 0.375. The predicted molar refractivity (Wildman–Crippen MR) is 202 cm³/mol. The van der Waals surface area contributed by atoms with E-state index in [1.165, 1.54) is 0 Å². The van der Waals surface area contributed by atoms with Crippen LogP contribution >= 0.6 is 0 Å². The molecule has 0 spiro atoms. The van der Waals surface area contributed by atoms with E-state index in [-0.39, 0.29) is 34.1 Å². The van der Waals surface area contributed by atoms with Gasteiger partial charge in [0.15, 0.2) is 0 Å². The second-order valence-corrected chi connectivity index (χ2v) is 32.1. The van der Waals surface area contributed by atoms with E-state index in [0.717, 1.165) is 23.3 Å². The molecule has 0 amide bonds. The quantitative estimate of drug-likeness (QED) is 0.166. The molecule has 4 rings (SSSR count). The Bertz CT molecular complexity index is 1080. The first kappa shape index (κ1) is 45.8. The van der Waals surface area contributed by atoms with Gasteiger partial charge in [-0.05, 0) is 0 Å². The van der Waals surface area contributed by atoms with Gasteiger partial charge in [0.1, 0.15) is 0 Å². The molecule has 0 aliphatic rings. The zero-order chi connectivity index (χ0) is 33.3. The first-order valence-corrected chi connectivity index (χ1v) is 28.7. The van der Waals surface area contributed by atoms with Crippen molar-refractivity contribution in [3.05, 3.63) is 118 Å². The summed E-state index contributed by atoms with van der Waals surface area (Å²) < 4.78 is 0. The van der Waals surface area contributed by atoms with Crippen LogP contribution in [0.1, 0.15) is 0 Å². The number of hydrogen-bond acceptors (Lipinski definition) is 4. The molecular weight excluding hydrogens is 719 g/mol. The van der Waals surface area contributed by atoms with Gasteiger partial charge in [-0.25, -0.2) is 0 Å². The predicted octanol–water partition coefficient (Wildman–Crippen LogP) is 11.7. The van der Waals surface area contributed by atoms with Crippen molar-refractivity contribution in [3.8, 4) is 0 Å². The fourth-order valence-electron chi connectivity index (χ4n) is 3.05. The van der Waals surface area contributed by atoms with Crippen molar-refractivity contribution in [2.24, 2.45) is 0 Å². The van der Waals surface area contributed by atoms with E-state index in [4.69, 9.17) is 0 Å². The third-order valence-corrected chi connectivity index (χ3v) is 8.00. The summed E-state index contributed by atoms with van der Waals surface area (Å²) in [5.74, 6) is 3.47. The maximum Gasteiger partial charge on any atom is 2.00 e. The van der Waals surface area contributed by atoms with Gasteiger partial charge in [-0.3, -0.25) is 0 Å². The van der Waals surface area contributed by atoms with Crippen LogP contribution in [0.15, 0.2) is 97.6 Å².